The zero-order valence-corrected chi connectivity index (χ0v) is 18.9. The summed E-state index contributed by atoms with van der Waals surface area (Å²) >= 11 is -0.702. The van der Waals surface area contributed by atoms with Crippen LogP contribution in [0.1, 0.15) is 75.6 Å². The second-order valence-electron chi connectivity index (χ2n) is 8.09. The van der Waals surface area contributed by atoms with Crippen LogP contribution >= 0.6 is 0 Å². The van der Waals surface area contributed by atoms with E-state index in [1.54, 1.807) is 6.07 Å². The normalized spacial score (nSPS) is 11.8. The molecule has 0 bridgehead atoms. The number of nitrogens with zero attached hydrogens (tertiary/aromatic N) is 1. The topological polar surface area (TPSA) is 12.4 Å². The van der Waals surface area contributed by atoms with Crippen LogP contribution in [0.15, 0.2) is 39.9 Å². The first-order valence-corrected chi connectivity index (χ1v) is 11.3. The second kappa shape index (κ2) is 8.61. The van der Waals surface area contributed by atoms with Crippen LogP contribution in [0.5, 0.6) is 0 Å². The zero-order valence-electron chi connectivity index (χ0n) is 16.9. The molecule has 0 atom stereocenters. The van der Waals surface area contributed by atoms with Crippen molar-refractivity contribution in [2.75, 3.05) is 0 Å². The molecule has 0 radical (unpaired) electrons. The van der Waals surface area contributed by atoms with E-state index in [2.05, 4.69) is 64.1 Å². The molecule has 140 valence electrons. The first-order chi connectivity index (χ1) is 12.1. The van der Waals surface area contributed by atoms with Crippen LogP contribution in [0.25, 0.3) is 0 Å². The Labute approximate surface area is 165 Å². The molecular formula is C23H30FMoN. The van der Waals surface area contributed by atoms with E-state index in [0.29, 0.717) is 11.8 Å². The van der Waals surface area contributed by atoms with Crippen molar-refractivity contribution in [2.45, 2.75) is 65.7 Å². The number of hydrogen-bond donors (Lipinski definition) is 0. The van der Waals surface area contributed by atoms with Gasteiger partial charge in [-0.1, -0.05) is 0 Å². The standard InChI is InChI=1S/C12H17N.C11H13F.Mo/c1-8(2)10-6-5-7-11(9(3)4)12(10)13;1-8-5-6-9(12)7-10(8)11(2,3)4;/h5-9H,1-4H3;2,5-7H,1,3-4H3;. The molecule has 0 unspecified atom stereocenters. The summed E-state index contributed by atoms with van der Waals surface area (Å²) in [6, 6.07) is 11.6. The number of aryl methyl sites for hydroxylation is 1. The minimum absolute atomic E-state index is 0.170. The van der Waals surface area contributed by atoms with Crippen molar-refractivity contribution in [3.05, 3.63) is 64.5 Å². The molecule has 0 amide bonds. The monoisotopic (exact) mass is 437 g/mol. The molecule has 26 heavy (non-hydrogen) atoms. The van der Waals surface area contributed by atoms with Gasteiger partial charge in [0.25, 0.3) is 0 Å². The van der Waals surface area contributed by atoms with Gasteiger partial charge in [-0.2, -0.15) is 0 Å². The van der Waals surface area contributed by atoms with E-state index in [9.17, 15) is 4.39 Å². The molecule has 0 heterocycles. The molecule has 2 rings (SSSR count). The summed E-state index contributed by atoms with van der Waals surface area (Å²) < 4.78 is 21.1. The van der Waals surface area contributed by atoms with Gasteiger partial charge in [0.1, 0.15) is 0 Å². The summed E-state index contributed by atoms with van der Waals surface area (Å²) in [6.07, 6.45) is 0. The van der Waals surface area contributed by atoms with Crippen LogP contribution in [0, 0.1) is 12.7 Å². The van der Waals surface area contributed by atoms with E-state index in [1.165, 1.54) is 22.9 Å². The molecule has 0 aliphatic rings. The summed E-state index contributed by atoms with van der Waals surface area (Å²) in [7, 11) is 0. The summed E-state index contributed by atoms with van der Waals surface area (Å²) in [6.45, 7) is 15.3. The van der Waals surface area contributed by atoms with Crippen molar-refractivity contribution >= 4 is 10.1 Å². The molecule has 0 fully saturated rings. The molecule has 0 aliphatic heterocycles. The van der Waals surface area contributed by atoms with Crippen molar-refractivity contribution in [2.24, 2.45) is 3.50 Å². The Balaban J connectivity index is 2.50. The molecule has 1 nitrogen and oxygen atoms in total. The number of benzene rings is 2. The van der Waals surface area contributed by atoms with Gasteiger partial charge < -0.3 is 0 Å². The van der Waals surface area contributed by atoms with Gasteiger partial charge in [0.2, 0.25) is 0 Å². The Hall–Kier alpha value is -1.27. The Kier molecular flexibility index (Phi) is 6.97. The SMILES string of the molecule is Cc1ccc(F)cc1C(C)(C)[CH]=[Mo]=[N]c1c(C(C)C)cccc1C(C)C. The minimum atomic E-state index is -0.702. The van der Waals surface area contributed by atoms with Gasteiger partial charge in [-0.3, -0.25) is 0 Å². The molecule has 2 aromatic rings. The first-order valence-electron chi connectivity index (χ1n) is 9.24. The molecule has 0 N–H and O–H groups in total. The third-order valence-corrected chi connectivity index (χ3v) is 7.14. The van der Waals surface area contributed by atoms with E-state index in [1.807, 2.05) is 13.0 Å². The van der Waals surface area contributed by atoms with Gasteiger partial charge in [0.15, 0.2) is 0 Å². The van der Waals surface area contributed by atoms with Crippen LogP contribution in [-0.2, 0) is 23.3 Å². The third kappa shape index (κ3) is 4.91. The van der Waals surface area contributed by atoms with Gasteiger partial charge in [0, 0.05) is 0 Å². The molecular weight excluding hydrogens is 405 g/mol. The van der Waals surface area contributed by atoms with E-state index < -0.39 is 17.9 Å². The summed E-state index contributed by atoms with van der Waals surface area (Å²) in [5.74, 6) is 0.744. The summed E-state index contributed by atoms with van der Waals surface area (Å²) in [5.41, 5.74) is 5.85. The average Bonchev–Trinajstić information content (AvgIpc) is 2.56. The molecule has 0 aromatic heterocycles. The van der Waals surface area contributed by atoms with Crippen molar-refractivity contribution in [3.8, 4) is 0 Å². The van der Waals surface area contributed by atoms with Crippen LogP contribution < -0.4 is 0 Å². The van der Waals surface area contributed by atoms with Crippen molar-refractivity contribution < 1.29 is 22.3 Å². The van der Waals surface area contributed by atoms with Crippen molar-refractivity contribution in [1.82, 2.24) is 0 Å². The van der Waals surface area contributed by atoms with E-state index in [4.69, 9.17) is 3.50 Å². The van der Waals surface area contributed by atoms with Gasteiger partial charge >= 0.3 is 166 Å². The average molecular weight is 435 g/mol. The second-order valence-corrected chi connectivity index (χ2v) is 9.64. The number of rotatable bonds is 5. The van der Waals surface area contributed by atoms with E-state index in [0.717, 1.165) is 11.1 Å². The van der Waals surface area contributed by atoms with Crippen molar-refractivity contribution in [3.63, 3.8) is 0 Å². The molecule has 0 aliphatic carbocycles. The fraction of sp³-hybridized carbons (Fsp3) is 0.435. The molecule has 0 saturated heterocycles. The van der Waals surface area contributed by atoms with Crippen LogP contribution in [0.4, 0.5) is 10.1 Å². The fourth-order valence-corrected chi connectivity index (χ4v) is 5.05. The molecule has 0 spiro atoms. The Morgan fingerprint density at radius 1 is 1.00 bits per heavy atom. The quantitative estimate of drug-likeness (QED) is 0.446. The third-order valence-electron chi connectivity index (χ3n) is 4.73. The van der Waals surface area contributed by atoms with Gasteiger partial charge in [-0.25, -0.2) is 0 Å². The molecule has 3 heteroatoms. The first kappa shape index (κ1) is 21.0. The fourth-order valence-electron chi connectivity index (χ4n) is 3.18. The van der Waals surface area contributed by atoms with E-state index >= 15 is 0 Å². The number of halogens is 1. The van der Waals surface area contributed by atoms with Crippen LogP contribution in [-0.4, -0.2) is 4.40 Å². The maximum atomic E-state index is 13.7. The van der Waals surface area contributed by atoms with Crippen LogP contribution in [0.2, 0.25) is 0 Å². The Morgan fingerprint density at radius 2 is 1.58 bits per heavy atom. The van der Waals surface area contributed by atoms with Gasteiger partial charge in [0.05, 0.1) is 0 Å². The van der Waals surface area contributed by atoms with Gasteiger partial charge in [-0.05, 0) is 0 Å². The maximum absolute atomic E-state index is 13.7. The number of hydrogen-bond acceptors (Lipinski definition) is 1. The van der Waals surface area contributed by atoms with Gasteiger partial charge in [-0.15, -0.1) is 0 Å². The predicted octanol–water partition coefficient (Wildman–Crippen LogP) is 7.06. The Morgan fingerprint density at radius 3 is 2.12 bits per heavy atom. The predicted molar refractivity (Wildman–Crippen MR) is 107 cm³/mol. The molecule has 2 aromatic carbocycles. The Bertz CT molecular complexity index is 817. The van der Waals surface area contributed by atoms with E-state index in [-0.39, 0.29) is 11.2 Å². The van der Waals surface area contributed by atoms with Crippen molar-refractivity contribution in [1.29, 1.82) is 0 Å². The zero-order chi connectivity index (χ0) is 19.5. The van der Waals surface area contributed by atoms with Crippen LogP contribution in [0.3, 0.4) is 0 Å². The molecule has 0 saturated carbocycles. The summed E-state index contributed by atoms with van der Waals surface area (Å²) in [4.78, 5) is 0. The summed E-state index contributed by atoms with van der Waals surface area (Å²) in [5, 5.41) is 0.